The van der Waals surface area contributed by atoms with Crippen LogP contribution in [0.1, 0.15) is 27.0 Å². The average Bonchev–Trinajstić information content (AvgIpc) is 2.45. The first-order valence-electron chi connectivity index (χ1n) is 5.71. The van der Waals surface area contributed by atoms with Crippen LogP contribution in [-0.2, 0) is 6.67 Å². The van der Waals surface area contributed by atoms with E-state index in [1.54, 1.807) is 18.3 Å². The molecule has 0 atom stereocenters. The van der Waals surface area contributed by atoms with Crippen molar-refractivity contribution in [2.75, 3.05) is 0 Å². The minimum absolute atomic E-state index is 0.142. The van der Waals surface area contributed by atoms with Gasteiger partial charge in [-0.1, -0.05) is 29.5 Å². The molecule has 0 spiro atoms. The number of carbonyl (C=O) groups is 1. The minimum atomic E-state index is -0.746. The summed E-state index contributed by atoms with van der Waals surface area (Å²) in [5, 5.41) is 0.488. The largest absolute Gasteiger partial charge is 0.366 e. The van der Waals surface area contributed by atoms with E-state index in [-0.39, 0.29) is 11.1 Å². The van der Waals surface area contributed by atoms with Crippen LogP contribution in [0, 0.1) is 11.8 Å². The number of nitrogens with two attached hydrogens (primary N) is 1. The second-order valence-electron chi connectivity index (χ2n) is 4.01. The Hall–Kier alpha value is -2.38. The quantitative estimate of drug-likeness (QED) is 0.864. The van der Waals surface area contributed by atoms with Crippen LogP contribution in [0.4, 0.5) is 4.39 Å². The number of hydrogen-bond donors (Lipinski definition) is 1. The third kappa shape index (κ3) is 3.34. The van der Waals surface area contributed by atoms with Crippen LogP contribution < -0.4 is 5.73 Å². The van der Waals surface area contributed by atoms with Gasteiger partial charge in [-0.3, -0.25) is 9.78 Å². The number of aromatic nitrogens is 1. The van der Waals surface area contributed by atoms with Gasteiger partial charge in [-0.05, 0) is 23.8 Å². The van der Waals surface area contributed by atoms with E-state index in [4.69, 9.17) is 17.3 Å². The maximum absolute atomic E-state index is 12.7. The molecule has 20 heavy (non-hydrogen) atoms. The highest BCUT2D eigenvalue weighted by Gasteiger charge is 2.08. The van der Waals surface area contributed by atoms with Gasteiger partial charge in [-0.25, -0.2) is 4.39 Å². The Kier molecular flexibility index (Phi) is 4.34. The lowest BCUT2D eigenvalue weighted by Crippen LogP contribution is -2.13. The first-order chi connectivity index (χ1) is 9.60. The van der Waals surface area contributed by atoms with Crippen LogP contribution in [0.15, 0.2) is 36.7 Å². The second-order valence-corrected chi connectivity index (χ2v) is 4.45. The zero-order chi connectivity index (χ0) is 14.5. The van der Waals surface area contributed by atoms with Crippen molar-refractivity contribution in [1.29, 1.82) is 0 Å². The molecule has 0 radical (unpaired) electrons. The lowest BCUT2D eigenvalue weighted by atomic mass is 10.0. The Morgan fingerprint density at radius 1 is 1.25 bits per heavy atom. The van der Waals surface area contributed by atoms with Gasteiger partial charge in [0.1, 0.15) is 6.67 Å². The fourth-order valence-electron chi connectivity index (χ4n) is 1.62. The number of primary amides is 1. The average molecular weight is 289 g/mol. The summed E-state index contributed by atoms with van der Waals surface area (Å²) >= 11 is 5.80. The SMILES string of the molecule is NC(=O)c1cc(C#Cc2cncc(Cl)c2)ccc1CF. The van der Waals surface area contributed by atoms with E-state index >= 15 is 0 Å². The molecule has 0 bridgehead atoms. The van der Waals surface area contributed by atoms with Gasteiger partial charge in [0.25, 0.3) is 0 Å². The lowest BCUT2D eigenvalue weighted by Gasteiger charge is -2.02. The van der Waals surface area contributed by atoms with E-state index in [2.05, 4.69) is 16.8 Å². The first kappa shape index (κ1) is 14.0. The van der Waals surface area contributed by atoms with E-state index in [0.717, 1.165) is 0 Å². The van der Waals surface area contributed by atoms with Crippen molar-refractivity contribution in [2.45, 2.75) is 6.67 Å². The van der Waals surface area contributed by atoms with Gasteiger partial charge in [0, 0.05) is 29.1 Å². The molecule has 0 unspecified atom stereocenters. The van der Waals surface area contributed by atoms with Crippen LogP contribution >= 0.6 is 11.6 Å². The van der Waals surface area contributed by atoms with Crippen molar-refractivity contribution in [3.63, 3.8) is 0 Å². The first-order valence-corrected chi connectivity index (χ1v) is 6.09. The Balaban J connectivity index is 2.36. The Labute approximate surface area is 120 Å². The van der Waals surface area contributed by atoms with Gasteiger partial charge in [-0.15, -0.1) is 0 Å². The van der Waals surface area contributed by atoms with Crippen molar-refractivity contribution in [2.24, 2.45) is 5.73 Å². The number of amides is 1. The summed E-state index contributed by atoms with van der Waals surface area (Å²) in [7, 11) is 0. The number of carbonyl (C=O) groups excluding carboxylic acids is 1. The molecule has 1 amide bonds. The Morgan fingerprint density at radius 3 is 2.65 bits per heavy atom. The number of nitrogens with zero attached hydrogens (tertiary/aromatic N) is 1. The molecule has 0 saturated heterocycles. The standard InChI is InChI=1S/C15H10ClFN2O/c16-13-5-11(8-19-9-13)2-1-10-3-4-12(7-17)14(6-10)15(18)20/h3-6,8-9H,7H2,(H2,18,20). The summed E-state index contributed by atoms with van der Waals surface area (Å²) in [5.74, 6) is 5.04. The molecule has 0 aliphatic rings. The number of halogens is 2. The lowest BCUT2D eigenvalue weighted by molar-refractivity contribution is 0.0998. The van der Waals surface area contributed by atoms with Gasteiger partial charge >= 0.3 is 0 Å². The highest BCUT2D eigenvalue weighted by Crippen LogP contribution is 2.13. The number of rotatable bonds is 2. The third-order valence-electron chi connectivity index (χ3n) is 2.58. The van der Waals surface area contributed by atoms with E-state index in [9.17, 15) is 9.18 Å². The van der Waals surface area contributed by atoms with Crippen LogP contribution in [0.5, 0.6) is 0 Å². The molecule has 2 aromatic rings. The predicted molar refractivity (Wildman–Crippen MR) is 75.0 cm³/mol. The molecular weight excluding hydrogens is 279 g/mol. The zero-order valence-corrected chi connectivity index (χ0v) is 11.1. The number of hydrogen-bond acceptors (Lipinski definition) is 2. The van der Waals surface area contributed by atoms with Gasteiger partial charge in [0.05, 0.1) is 5.02 Å². The maximum Gasteiger partial charge on any atom is 0.249 e. The van der Waals surface area contributed by atoms with E-state index in [1.807, 2.05) is 0 Å². The Bertz CT molecular complexity index is 719. The van der Waals surface area contributed by atoms with Crippen LogP contribution in [0.3, 0.4) is 0 Å². The van der Waals surface area contributed by atoms with Crippen molar-refractivity contribution < 1.29 is 9.18 Å². The summed E-state index contributed by atoms with van der Waals surface area (Å²) in [6.07, 6.45) is 3.08. The fraction of sp³-hybridized carbons (Fsp3) is 0.0667. The van der Waals surface area contributed by atoms with Crippen molar-refractivity contribution in [1.82, 2.24) is 4.98 Å². The molecule has 0 aliphatic carbocycles. The van der Waals surface area contributed by atoms with Crippen LogP contribution in [-0.4, -0.2) is 10.9 Å². The van der Waals surface area contributed by atoms with Gasteiger partial charge < -0.3 is 5.73 Å². The second kappa shape index (κ2) is 6.18. The number of benzene rings is 1. The summed E-state index contributed by atoms with van der Waals surface area (Å²) in [4.78, 5) is 15.1. The van der Waals surface area contributed by atoms with Crippen LogP contribution in [0.25, 0.3) is 0 Å². The molecule has 1 aromatic heterocycles. The molecule has 0 fully saturated rings. The van der Waals surface area contributed by atoms with Crippen molar-refractivity contribution in [3.8, 4) is 11.8 Å². The molecule has 1 aromatic carbocycles. The summed E-state index contributed by atoms with van der Waals surface area (Å²) < 4.78 is 12.7. The predicted octanol–water partition coefficient (Wildman–Crippen LogP) is 2.70. The summed E-state index contributed by atoms with van der Waals surface area (Å²) in [6, 6.07) is 6.28. The topological polar surface area (TPSA) is 56.0 Å². The fourth-order valence-corrected chi connectivity index (χ4v) is 1.80. The highest BCUT2D eigenvalue weighted by atomic mass is 35.5. The number of pyridine rings is 1. The molecule has 0 aliphatic heterocycles. The van der Waals surface area contributed by atoms with Gasteiger partial charge in [0.15, 0.2) is 0 Å². The van der Waals surface area contributed by atoms with Crippen molar-refractivity contribution >= 4 is 17.5 Å². The zero-order valence-electron chi connectivity index (χ0n) is 10.4. The molecule has 100 valence electrons. The smallest absolute Gasteiger partial charge is 0.249 e. The molecular formula is C15H10ClFN2O. The summed E-state index contributed by atoms with van der Waals surface area (Å²) in [6.45, 7) is -0.746. The van der Waals surface area contributed by atoms with E-state index in [1.165, 1.54) is 18.3 Å². The van der Waals surface area contributed by atoms with Crippen molar-refractivity contribution in [3.05, 3.63) is 63.9 Å². The van der Waals surface area contributed by atoms with Crippen LogP contribution in [0.2, 0.25) is 5.02 Å². The Morgan fingerprint density at radius 2 is 2.00 bits per heavy atom. The van der Waals surface area contributed by atoms with Gasteiger partial charge in [0.2, 0.25) is 5.91 Å². The van der Waals surface area contributed by atoms with E-state index < -0.39 is 12.6 Å². The molecule has 1 heterocycles. The maximum atomic E-state index is 12.7. The molecule has 5 heteroatoms. The van der Waals surface area contributed by atoms with E-state index in [0.29, 0.717) is 16.1 Å². The molecule has 3 nitrogen and oxygen atoms in total. The molecule has 2 N–H and O–H groups in total. The number of alkyl halides is 1. The minimum Gasteiger partial charge on any atom is -0.366 e. The van der Waals surface area contributed by atoms with Gasteiger partial charge in [-0.2, -0.15) is 0 Å². The molecule has 0 saturated carbocycles. The molecule has 2 rings (SSSR count). The normalized spacial score (nSPS) is 9.70. The highest BCUT2D eigenvalue weighted by molar-refractivity contribution is 6.30. The third-order valence-corrected chi connectivity index (χ3v) is 2.78. The monoisotopic (exact) mass is 288 g/mol. The summed E-state index contributed by atoms with van der Waals surface area (Å²) in [5.41, 5.74) is 6.82.